The summed E-state index contributed by atoms with van der Waals surface area (Å²) in [4.78, 5) is 0. The van der Waals surface area contributed by atoms with E-state index < -0.39 is 15.4 Å². The van der Waals surface area contributed by atoms with Gasteiger partial charge in [0.25, 0.3) is 10.1 Å². The zero-order chi connectivity index (χ0) is 10.8. The van der Waals surface area contributed by atoms with Crippen molar-refractivity contribution in [2.75, 3.05) is 0 Å². The fourth-order valence-corrected chi connectivity index (χ4v) is 3.64. The van der Waals surface area contributed by atoms with Gasteiger partial charge < -0.3 is 0 Å². The maximum Gasteiger partial charge on any atom is 0.268 e. The Hall–Kier alpha value is -0.0900. The average molecular weight is 220 g/mol. The molecule has 1 aliphatic rings. The molecule has 0 unspecified atom stereocenters. The van der Waals surface area contributed by atoms with Crippen LogP contribution >= 0.6 is 0 Å². The minimum absolute atomic E-state index is 0.166. The molecule has 0 aromatic heterocycles. The zero-order valence-corrected chi connectivity index (χ0v) is 9.76. The number of hydrogen-bond donors (Lipinski definition) is 1. The fraction of sp³-hybridized carbons (Fsp3) is 1.00. The molecule has 0 amide bonds. The third kappa shape index (κ3) is 3.24. The van der Waals surface area contributed by atoms with Gasteiger partial charge >= 0.3 is 0 Å². The van der Waals surface area contributed by atoms with Crippen LogP contribution < -0.4 is 0 Å². The van der Waals surface area contributed by atoms with Crippen LogP contribution in [0.5, 0.6) is 0 Å². The molecular weight excluding hydrogens is 200 g/mol. The van der Waals surface area contributed by atoms with Crippen molar-refractivity contribution >= 4 is 10.1 Å². The summed E-state index contributed by atoms with van der Waals surface area (Å²) in [5.41, 5.74) is 0. The minimum atomic E-state index is -3.82. The second kappa shape index (κ2) is 4.62. The molecule has 4 heteroatoms. The summed E-state index contributed by atoms with van der Waals surface area (Å²) in [7, 11) is -3.82. The second-order valence-corrected chi connectivity index (χ2v) is 6.36. The van der Waals surface area contributed by atoms with Crippen LogP contribution in [0.25, 0.3) is 0 Å². The predicted octanol–water partition coefficient (Wildman–Crippen LogP) is 2.48. The van der Waals surface area contributed by atoms with E-state index in [9.17, 15) is 8.42 Å². The van der Waals surface area contributed by atoms with E-state index in [-0.39, 0.29) is 5.92 Å². The lowest BCUT2D eigenvalue weighted by Crippen LogP contribution is -2.33. The standard InChI is InChI=1S/C10H20O3S/c1-8(2)7-9-5-3-4-6-10(9)14(11,12)13/h8-10H,3-7H2,1-2H3,(H,11,12,13)/t9-,10+/m0/s1. The molecule has 1 aliphatic carbocycles. The maximum atomic E-state index is 11.1. The molecule has 0 aromatic rings. The van der Waals surface area contributed by atoms with E-state index in [1.165, 1.54) is 0 Å². The van der Waals surface area contributed by atoms with Crippen LogP contribution in [0.1, 0.15) is 46.0 Å². The molecule has 2 atom stereocenters. The predicted molar refractivity (Wildman–Crippen MR) is 56.7 cm³/mol. The molecule has 1 N–H and O–H groups in total. The van der Waals surface area contributed by atoms with Crippen molar-refractivity contribution in [1.29, 1.82) is 0 Å². The molecule has 1 rings (SSSR count). The summed E-state index contributed by atoms with van der Waals surface area (Å²) in [5, 5.41) is -0.501. The van der Waals surface area contributed by atoms with Crippen molar-refractivity contribution in [2.24, 2.45) is 11.8 Å². The van der Waals surface area contributed by atoms with Crippen LogP contribution in [0, 0.1) is 11.8 Å². The van der Waals surface area contributed by atoms with Gasteiger partial charge in [-0.2, -0.15) is 8.42 Å². The van der Waals surface area contributed by atoms with Gasteiger partial charge in [0.1, 0.15) is 0 Å². The number of hydrogen-bond acceptors (Lipinski definition) is 2. The summed E-state index contributed by atoms with van der Waals surface area (Å²) < 4.78 is 31.4. The molecule has 1 saturated carbocycles. The normalized spacial score (nSPS) is 29.4. The van der Waals surface area contributed by atoms with Crippen LogP contribution in [-0.4, -0.2) is 18.2 Å². The highest BCUT2D eigenvalue weighted by atomic mass is 32.2. The van der Waals surface area contributed by atoms with Gasteiger partial charge in [0.2, 0.25) is 0 Å². The largest absolute Gasteiger partial charge is 0.285 e. The molecule has 0 saturated heterocycles. The van der Waals surface area contributed by atoms with E-state index in [2.05, 4.69) is 13.8 Å². The first kappa shape index (κ1) is 12.0. The van der Waals surface area contributed by atoms with Gasteiger partial charge in [-0.15, -0.1) is 0 Å². The third-order valence-corrected chi connectivity index (χ3v) is 4.38. The summed E-state index contributed by atoms with van der Waals surface area (Å²) in [6.45, 7) is 4.19. The molecule has 0 heterocycles. The first-order valence-corrected chi connectivity index (χ1v) is 6.88. The molecule has 14 heavy (non-hydrogen) atoms. The Morgan fingerprint density at radius 3 is 2.36 bits per heavy atom. The van der Waals surface area contributed by atoms with Crippen LogP contribution in [0.15, 0.2) is 0 Å². The maximum absolute atomic E-state index is 11.1. The quantitative estimate of drug-likeness (QED) is 0.743. The van der Waals surface area contributed by atoms with Crippen molar-refractivity contribution < 1.29 is 13.0 Å². The van der Waals surface area contributed by atoms with Crippen molar-refractivity contribution in [2.45, 2.75) is 51.2 Å². The Kier molecular flexibility index (Phi) is 3.95. The van der Waals surface area contributed by atoms with Crippen molar-refractivity contribution in [3.05, 3.63) is 0 Å². The number of rotatable bonds is 3. The van der Waals surface area contributed by atoms with Gasteiger partial charge in [0.15, 0.2) is 0 Å². The lowest BCUT2D eigenvalue weighted by atomic mass is 9.83. The monoisotopic (exact) mass is 220 g/mol. The topological polar surface area (TPSA) is 54.4 Å². The van der Waals surface area contributed by atoms with Crippen molar-refractivity contribution in [1.82, 2.24) is 0 Å². The summed E-state index contributed by atoms with van der Waals surface area (Å²) in [5.74, 6) is 0.668. The van der Waals surface area contributed by atoms with Gasteiger partial charge in [-0.3, -0.25) is 4.55 Å². The summed E-state index contributed by atoms with van der Waals surface area (Å²) >= 11 is 0. The van der Waals surface area contributed by atoms with Crippen LogP contribution in [0.3, 0.4) is 0 Å². The van der Waals surface area contributed by atoms with Crippen LogP contribution in [-0.2, 0) is 10.1 Å². The molecule has 84 valence electrons. The molecule has 0 spiro atoms. The Bertz CT molecular complexity index is 269. The smallest absolute Gasteiger partial charge is 0.268 e. The van der Waals surface area contributed by atoms with Gasteiger partial charge in [0, 0.05) is 0 Å². The highest BCUT2D eigenvalue weighted by Crippen LogP contribution is 2.33. The molecule has 0 aromatic carbocycles. The van der Waals surface area contributed by atoms with Gasteiger partial charge in [-0.25, -0.2) is 0 Å². The molecule has 3 nitrogen and oxygen atoms in total. The Morgan fingerprint density at radius 1 is 1.29 bits per heavy atom. The third-order valence-electron chi connectivity index (χ3n) is 3.00. The van der Waals surface area contributed by atoms with Gasteiger partial charge in [-0.1, -0.05) is 26.7 Å². The average Bonchev–Trinajstić information content (AvgIpc) is 2.01. The molecule has 1 fully saturated rings. The van der Waals surface area contributed by atoms with E-state index in [0.29, 0.717) is 12.3 Å². The Labute approximate surface area is 86.6 Å². The van der Waals surface area contributed by atoms with Crippen LogP contribution in [0.4, 0.5) is 0 Å². The highest BCUT2D eigenvalue weighted by Gasteiger charge is 2.34. The lowest BCUT2D eigenvalue weighted by molar-refractivity contribution is 0.293. The van der Waals surface area contributed by atoms with E-state index in [1.807, 2.05) is 0 Å². The first-order valence-electron chi connectivity index (χ1n) is 5.37. The van der Waals surface area contributed by atoms with Crippen molar-refractivity contribution in [3.8, 4) is 0 Å². The zero-order valence-electron chi connectivity index (χ0n) is 8.94. The van der Waals surface area contributed by atoms with Gasteiger partial charge in [-0.05, 0) is 31.1 Å². The summed E-state index contributed by atoms with van der Waals surface area (Å²) in [6.07, 6.45) is 4.52. The summed E-state index contributed by atoms with van der Waals surface area (Å²) in [6, 6.07) is 0. The molecule has 0 radical (unpaired) electrons. The Morgan fingerprint density at radius 2 is 1.86 bits per heavy atom. The molecule has 0 aliphatic heterocycles. The first-order chi connectivity index (χ1) is 6.41. The lowest BCUT2D eigenvalue weighted by Gasteiger charge is -2.30. The fourth-order valence-electron chi connectivity index (χ4n) is 2.44. The highest BCUT2D eigenvalue weighted by molar-refractivity contribution is 7.86. The van der Waals surface area contributed by atoms with Crippen molar-refractivity contribution in [3.63, 3.8) is 0 Å². The van der Waals surface area contributed by atoms with E-state index >= 15 is 0 Å². The minimum Gasteiger partial charge on any atom is -0.285 e. The van der Waals surface area contributed by atoms with E-state index in [1.54, 1.807) is 0 Å². The Balaban J connectivity index is 2.69. The molecule has 0 bridgehead atoms. The van der Waals surface area contributed by atoms with Crippen LogP contribution in [0.2, 0.25) is 0 Å². The SMILES string of the molecule is CC(C)C[C@@H]1CCCC[C@H]1S(=O)(=O)O. The second-order valence-electron chi connectivity index (χ2n) is 4.73. The van der Waals surface area contributed by atoms with E-state index in [4.69, 9.17) is 4.55 Å². The van der Waals surface area contributed by atoms with E-state index in [0.717, 1.165) is 25.7 Å². The van der Waals surface area contributed by atoms with Gasteiger partial charge in [0.05, 0.1) is 5.25 Å². The molecular formula is C10H20O3S.